The fourth-order valence-electron chi connectivity index (χ4n) is 3.29. The summed E-state index contributed by atoms with van der Waals surface area (Å²) in [6.45, 7) is 2.72. The molecule has 0 amide bonds. The molecule has 0 radical (unpaired) electrons. The van der Waals surface area contributed by atoms with Crippen molar-refractivity contribution >= 4 is 10.8 Å². The maximum Gasteiger partial charge on any atom is 0.221 e. The average Bonchev–Trinajstić information content (AvgIpc) is 2.55. The first-order valence-electron chi connectivity index (χ1n) is 8.05. The third-order valence-corrected chi connectivity index (χ3v) is 4.56. The van der Waals surface area contributed by atoms with E-state index < -0.39 is 0 Å². The number of fused-ring (bicyclic) bond motifs is 1. The predicted molar refractivity (Wildman–Crippen MR) is 86.3 cm³/mol. The van der Waals surface area contributed by atoms with E-state index in [9.17, 15) is 0 Å². The van der Waals surface area contributed by atoms with E-state index in [1.54, 1.807) is 0 Å². The van der Waals surface area contributed by atoms with Crippen LogP contribution >= 0.6 is 0 Å². The van der Waals surface area contributed by atoms with Crippen molar-refractivity contribution in [2.24, 2.45) is 11.7 Å². The maximum atomic E-state index is 6.28. The number of nitrogens with zero attached hydrogens (tertiary/aromatic N) is 1. The van der Waals surface area contributed by atoms with E-state index in [1.165, 1.54) is 19.3 Å². The first kappa shape index (κ1) is 14.3. The van der Waals surface area contributed by atoms with Gasteiger partial charge in [-0.25, -0.2) is 4.98 Å². The molecule has 1 saturated carbocycles. The van der Waals surface area contributed by atoms with Gasteiger partial charge in [0, 0.05) is 11.9 Å². The highest BCUT2D eigenvalue weighted by atomic mass is 16.5. The van der Waals surface area contributed by atoms with E-state index in [0.29, 0.717) is 12.6 Å². The Morgan fingerprint density at radius 2 is 2.14 bits per heavy atom. The molecule has 1 fully saturated rings. The third kappa shape index (κ3) is 3.18. The first-order chi connectivity index (χ1) is 10.3. The molecular formula is C18H24N2O. The number of nitrogens with two attached hydrogens (primary N) is 1. The minimum Gasteiger partial charge on any atom is -0.474 e. The van der Waals surface area contributed by atoms with Crippen LogP contribution in [0.1, 0.15) is 44.7 Å². The van der Waals surface area contributed by atoms with Crippen molar-refractivity contribution in [1.29, 1.82) is 0 Å². The molecule has 1 aliphatic carbocycles. The van der Waals surface area contributed by atoms with Crippen molar-refractivity contribution < 1.29 is 4.74 Å². The molecule has 0 saturated heterocycles. The second-order valence-corrected chi connectivity index (χ2v) is 6.02. The molecule has 1 aromatic carbocycles. The van der Waals surface area contributed by atoms with Gasteiger partial charge in [-0.2, -0.15) is 0 Å². The van der Waals surface area contributed by atoms with Crippen LogP contribution in [-0.2, 0) is 6.54 Å². The predicted octanol–water partition coefficient (Wildman–Crippen LogP) is 4.04. The Bertz CT molecular complexity index is 611. The molecule has 1 aromatic heterocycles. The smallest absolute Gasteiger partial charge is 0.221 e. The molecule has 2 unspecified atom stereocenters. The number of pyridine rings is 1. The maximum absolute atomic E-state index is 6.28. The van der Waals surface area contributed by atoms with Gasteiger partial charge in [0.05, 0.1) is 5.69 Å². The van der Waals surface area contributed by atoms with Crippen LogP contribution in [0, 0.1) is 5.92 Å². The number of aromatic nitrogens is 1. The van der Waals surface area contributed by atoms with E-state index in [4.69, 9.17) is 10.5 Å². The normalized spacial score (nSPS) is 22.4. The van der Waals surface area contributed by atoms with Gasteiger partial charge in [-0.3, -0.25) is 0 Å². The van der Waals surface area contributed by atoms with Crippen molar-refractivity contribution in [3.05, 3.63) is 36.0 Å². The second kappa shape index (κ2) is 6.44. The van der Waals surface area contributed by atoms with Crippen molar-refractivity contribution in [1.82, 2.24) is 4.98 Å². The Morgan fingerprint density at radius 1 is 1.29 bits per heavy atom. The topological polar surface area (TPSA) is 48.1 Å². The van der Waals surface area contributed by atoms with E-state index in [-0.39, 0.29) is 0 Å². The lowest BCUT2D eigenvalue weighted by molar-refractivity contribution is 0.118. The van der Waals surface area contributed by atoms with E-state index in [2.05, 4.69) is 30.1 Å². The Hall–Kier alpha value is -1.61. The number of rotatable bonds is 4. The summed E-state index contributed by atoms with van der Waals surface area (Å²) >= 11 is 0. The summed E-state index contributed by atoms with van der Waals surface area (Å²) in [5, 5.41) is 2.25. The lowest BCUT2D eigenvalue weighted by atomic mass is 9.85. The van der Waals surface area contributed by atoms with Crippen LogP contribution in [0.15, 0.2) is 30.3 Å². The summed E-state index contributed by atoms with van der Waals surface area (Å²) in [6.07, 6.45) is 6.44. The molecule has 0 bridgehead atoms. The van der Waals surface area contributed by atoms with Crippen LogP contribution in [0.25, 0.3) is 10.8 Å². The highest BCUT2D eigenvalue weighted by Crippen LogP contribution is 2.32. The summed E-state index contributed by atoms with van der Waals surface area (Å²) in [6, 6.07) is 10.3. The molecule has 1 heterocycles. The van der Waals surface area contributed by atoms with Crippen molar-refractivity contribution in [2.45, 2.75) is 51.7 Å². The Labute approximate surface area is 126 Å². The van der Waals surface area contributed by atoms with E-state index in [1.807, 2.05) is 12.1 Å². The Morgan fingerprint density at radius 3 is 2.95 bits per heavy atom. The molecule has 3 nitrogen and oxygen atoms in total. The molecule has 2 atom stereocenters. The number of ether oxygens (including phenoxy) is 1. The number of benzene rings is 1. The zero-order valence-corrected chi connectivity index (χ0v) is 12.7. The van der Waals surface area contributed by atoms with Gasteiger partial charge in [0.1, 0.15) is 6.10 Å². The molecule has 1 aliphatic rings. The van der Waals surface area contributed by atoms with Gasteiger partial charge in [-0.15, -0.1) is 0 Å². The van der Waals surface area contributed by atoms with Gasteiger partial charge in [0.25, 0.3) is 0 Å². The van der Waals surface area contributed by atoms with Crippen molar-refractivity contribution in [3.63, 3.8) is 0 Å². The van der Waals surface area contributed by atoms with Crippen LogP contribution < -0.4 is 10.5 Å². The second-order valence-electron chi connectivity index (χ2n) is 6.02. The van der Waals surface area contributed by atoms with Gasteiger partial charge in [0.15, 0.2) is 0 Å². The molecule has 2 N–H and O–H groups in total. The lowest BCUT2D eigenvalue weighted by Gasteiger charge is -2.29. The Kier molecular flexibility index (Phi) is 4.39. The van der Waals surface area contributed by atoms with Gasteiger partial charge < -0.3 is 10.5 Å². The zero-order valence-electron chi connectivity index (χ0n) is 12.7. The largest absolute Gasteiger partial charge is 0.474 e. The molecule has 21 heavy (non-hydrogen) atoms. The fourth-order valence-corrected chi connectivity index (χ4v) is 3.29. The van der Waals surface area contributed by atoms with Crippen LogP contribution in [0.5, 0.6) is 5.88 Å². The molecule has 3 heteroatoms. The van der Waals surface area contributed by atoms with Gasteiger partial charge in [-0.05, 0) is 42.7 Å². The minimum atomic E-state index is 0.299. The summed E-state index contributed by atoms with van der Waals surface area (Å²) in [5.74, 6) is 1.56. The van der Waals surface area contributed by atoms with Crippen LogP contribution in [-0.4, -0.2) is 11.1 Å². The van der Waals surface area contributed by atoms with E-state index >= 15 is 0 Å². The monoisotopic (exact) mass is 284 g/mol. The van der Waals surface area contributed by atoms with Crippen LogP contribution in [0.4, 0.5) is 0 Å². The zero-order chi connectivity index (χ0) is 14.7. The Balaban J connectivity index is 1.88. The molecule has 0 spiro atoms. The van der Waals surface area contributed by atoms with Crippen LogP contribution in [0.3, 0.4) is 0 Å². The number of hydrogen-bond acceptors (Lipinski definition) is 3. The third-order valence-electron chi connectivity index (χ3n) is 4.56. The van der Waals surface area contributed by atoms with Crippen molar-refractivity contribution in [2.75, 3.05) is 0 Å². The van der Waals surface area contributed by atoms with Crippen molar-refractivity contribution in [3.8, 4) is 5.88 Å². The highest BCUT2D eigenvalue weighted by Gasteiger charge is 2.23. The van der Waals surface area contributed by atoms with Gasteiger partial charge >= 0.3 is 0 Å². The quantitative estimate of drug-likeness (QED) is 0.921. The summed E-state index contributed by atoms with van der Waals surface area (Å²) in [7, 11) is 0. The fraction of sp³-hybridized carbons (Fsp3) is 0.500. The standard InChI is InChI=1S/C18H24N2O/c1-2-13-6-5-8-16(10-13)21-18-17-9-4-3-7-14(17)11-15(12-19)20-18/h3-4,7,9,11,13,16H,2,5-6,8,10,12,19H2,1H3. The molecule has 3 rings (SSSR count). The van der Waals surface area contributed by atoms with Gasteiger partial charge in [-0.1, -0.05) is 38.0 Å². The molecule has 0 aliphatic heterocycles. The average molecular weight is 284 g/mol. The van der Waals surface area contributed by atoms with Gasteiger partial charge in [0.2, 0.25) is 5.88 Å². The number of hydrogen-bond donors (Lipinski definition) is 1. The summed E-state index contributed by atoms with van der Waals surface area (Å²) < 4.78 is 6.28. The van der Waals surface area contributed by atoms with Crippen LogP contribution in [0.2, 0.25) is 0 Å². The van der Waals surface area contributed by atoms with E-state index in [0.717, 1.165) is 41.1 Å². The highest BCUT2D eigenvalue weighted by molar-refractivity contribution is 5.87. The lowest BCUT2D eigenvalue weighted by Crippen LogP contribution is -2.25. The molecule has 112 valence electrons. The SMILES string of the molecule is CCC1CCCC(Oc2nc(CN)cc3ccccc23)C1. The minimum absolute atomic E-state index is 0.299. The molecular weight excluding hydrogens is 260 g/mol. The summed E-state index contributed by atoms with van der Waals surface area (Å²) in [4.78, 5) is 4.62. The summed E-state index contributed by atoms with van der Waals surface area (Å²) in [5.41, 5.74) is 6.66. The molecule has 2 aromatic rings. The first-order valence-corrected chi connectivity index (χ1v) is 8.05.